The van der Waals surface area contributed by atoms with E-state index in [2.05, 4.69) is 36.8 Å². The molecule has 16 heavy (non-hydrogen) atoms. The highest BCUT2D eigenvalue weighted by Crippen LogP contribution is 2.36. The Bertz CT molecular complexity index is 465. The zero-order chi connectivity index (χ0) is 11.5. The largest absolute Gasteiger partial charge is 0.484 e. The number of nitrogen functional groups attached to an aromatic ring is 1. The van der Waals surface area contributed by atoms with E-state index < -0.39 is 0 Å². The molecule has 0 radical (unpaired) electrons. The minimum Gasteiger partial charge on any atom is -0.484 e. The lowest BCUT2D eigenvalue weighted by Crippen LogP contribution is -1.97. The maximum absolute atomic E-state index is 5.69. The average Bonchev–Trinajstić information content (AvgIpc) is 2.68. The molecule has 84 valence electrons. The third kappa shape index (κ3) is 2.75. The summed E-state index contributed by atoms with van der Waals surface area (Å²) in [7, 11) is 0. The summed E-state index contributed by atoms with van der Waals surface area (Å²) in [5.41, 5.74) is 6.37. The Morgan fingerprint density at radius 1 is 1.31 bits per heavy atom. The molecule has 0 aliphatic rings. The first-order valence-electron chi connectivity index (χ1n) is 4.42. The molecule has 0 aliphatic heterocycles. The van der Waals surface area contributed by atoms with Gasteiger partial charge in [0.1, 0.15) is 17.4 Å². The number of nitrogens with two attached hydrogens (primary N) is 1. The Labute approximate surface area is 114 Å². The van der Waals surface area contributed by atoms with Crippen molar-refractivity contribution in [3.8, 4) is 5.75 Å². The summed E-state index contributed by atoms with van der Waals surface area (Å²) in [6, 6.07) is 3.61. The fourth-order valence-electron chi connectivity index (χ4n) is 1.18. The van der Waals surface area contributed by atoms with Crippen molar-refractivity contribution < 1.29 is 4.74 Å². The van der Waals surface area contributed by atoms with Crippen LogP contribution < -0.4 is 10.5 Å². The van der Waals surface area contributed by atoms with Crippen LogP contribution in [0.15, 0.2) is 32.7 Å². The third-order valence-electron chi connectivity index (χ3n) is 1.84. The molecule has 0 saturated carbocycles. The molecule has 0 unspecified atom stereocenters. The first kappa shape index (κ1) is 11.9. The standard InChI is InChI=1S/C10H8Br2N2OS/c11-7-3-6(13)4-8(12)10(7)15-5-9-14-1-2-16-9/h1-4H,5,13H2. The van der Waals surface area contributed by atoms with E-state index in [1.807, 2.05) is 17.5 Å². The molecule has 2 aromatic rings. The van der Waals surface area contributed by atoms with Crippen LogP contribution in [0, 0.1) is 0 Å². The molecule has 6 heteroatoms. The van der Waals surface area contributed by atoms with Crippen molar-refractivity contribution >= 4 is 48.9 Å². The summed E-state index contributed by atoms with van der Waals surface area (Å²) in [4.78, 5) is 4.15. The van der Waals surface area contributed by atoms with Crippen molar-refractivity contribution in [2.24, 2.45) is 0 Å². The van der Waals surface area contributed by atoms with Crippen molar-refractivity contribution in [2.45, 2.75) is 6.61 Å². The first-order chi connectivity index (χ1) is 7.66. The van der Waals surface area contributed by atoms with E-state index in [1.54, 1.807) is 17.5 Å². The Morgan fingerprint density at radius 2 is 2.00 bits per heavy atom. The SMILES string of the molecule is Nc1cc(Br)c(OCc2nccs2)c(Br)c1. The number of nitrogens with zero attached hydrogens (tertiary/aromatic N) is 1. The van der Waals surface area contributed by atoms with Gasteiger partial charge in [0.05, 0.1) is 8.95 Å². The first-order valence-corrected chi connectivity index (χ1v) is 6.89. The van der Waals surface area contributed by atoms with E-state index in [9.17, 15) is 0 Å². The molecule has 1 aromatic heterocycles. The number of hydrogen-bond donors (Lipinski definition) is 1. The van der Waals surface area contributed by atoms with E-state index in [1.165, 1.54) is 0 Å². The lowest BCUT2D eigenvalue weighted by Gasteiger charge is -2.09. The van der Waals surface area contributed by atoms with Gasteiger partial charge in [-0.1, -0.05) is 0 Å². The van der Waals surface area contributed by atoms with Gasteiger partial charge in [0.2, 0.25) is 0 Å². The van der Waals surface area contributed by atoms with E-state index in [-0.39, 0.29) is 0 Å². The summed E-state index contributed by atoms with van der Waals surface area (Å²) in [6.07, 6.45) is 1.76. The van der Waals surface area contributed by atoms with Crippen molar-refractivity contribution in [1.29, 1.82) is 0 Å². The van der Waals surface area contributed by atoms with Crippen LogP contribution in [-0.2, 0) is 6.61 Å². The number of anilines is 1. The Balaban J connectivity index is 2.15. The number of thiazole rings is 1. The molecule has 3 nitrogen and oxygen atoms in total. The predicted octanol–water partition coefficient (Wildman–Crippen LogP) is 3.83. The normalized spacial score (nSPS) is 10.4. The van der Waals surface area contributed by atoms with Crippen LogP contribution >= 0.6 is 43.2 Å². The Hall–Kier alpha value is -0.590. The highest BCUT2D eigenvalue weighted by Gasteiger charge is 2.08. The van der Waals surface area contributed by atoms with Gasteiger partial charge in [0.25, 0.3) is 0 Å². The summed E-state index contributed by atoms with van der Waals surface area (Å²) in [5, 5.41) is 2.86. The quantitative estimate of drug-likeness (QED) is 0.843. The molecule has 0 spiro atoms. The average molecular weight is 364 g/mol. The van der Waals surface area contributed by atoms with Gasteiger partial charge >= 0.3 is 0 Å². The number of ether oxygens (including phenoxy) is 1. The molecule has 1 aromatic carbocycles. The van der Waals surface area contributed by atoms with E-state index in [0.717, 1.165) is 19.7 Å². The van der Waals surface area contributed by atoms with Crippen LogP contribution in [0.5, 0.6) is 5.75 Å². The number of halogens is 2. The Kier molecular flexibility index (Phi) is 3.83. The van der Waals surface area contributed by atoms with Gasteiger partial charge in [-0.05, 0) is 44.0 Å². The summed E-state index contributed by atoms with van der Waals surface area (Å²) in [5.74, 6) is 0.740. The summed E-state index contributed by atoms with van der Waals surface area (Å²) in [6.45, 7) is 0.457. The predicted molar refractivity (Wildman–Crippen MR) is 72.7 cm³/mol. The van der Waals surface area contributed by atoms with Gasteiger partial charge in [-0.2, -0.15) is 0 Å². The smallest absolute Gasteiger partial charge is 0.148 e. The zero-order valence-corrected chi connectivity index (χ0v) is 12.1. The molecule has 1 heterocycles. The lowest BCUT2D eigenvalue weighted by molar-refractivity contribution is 0.301. The summed E-state index contributed by atoms with van der Waals surface area (Å²) < 4.78 is 7.32. The number of benzene rings is 1. The zero-order valence-electron chi connectivity index (χ0n) is 8.11. The molecule has 0 amide bonds. The topological polar surface area (TPSA) is 48.1 Å². The molecule has 2 N–H and O–H groups in total. The van der Waals surface area contributed by atoms with Gasteiger partial charge < -0.3 is 10.5 Å². The van der Waals surface area contributed by atoms with Gasteiger partial charge in [-0.3, -0.25) is 0 Å². The second-order valence-electron chi connectivity index (χ2n) is 3.03. The summed E-state index contributed by atoms with van der Waals surface area (Å²) >= 11 is 8.39. The van der Waals surface area contributed by atoms with Gasteiger partial charge in [0, 0.05) is 17.3 Å². The highest BCUT2D eigenvalue weighted by atomic mass is 79.9. The van der Waals surface area contributed by atoms with Gasteiger partial charge in [0.15, 0.2) is 0 Å². The van der Waals surface area contributed by atoms with Crippen molar-refractivity contribution in [3.05, 3.63) is 37.7 Å². The van der Waals surface area contributed by atoms with Gasteiger partial charge in [-0.25, -0.2) is 4.98 Å². The fourth-order valence-corrected chi connectivity index (χ4v) is 3.15. The molecule has 0 atom stereocenters. The van der Waals surface area contributed by atoms with Crippen LogP contribution in [0.25, 0.3) is 0 Å². The van der Waals surface area contributed by atoms with Crippen LogP contribution in [0.2, 0.25) is 0 Å². The second-order valence-corrected chi connectivity index (χ2v) is 5.72. The number of hydrogen-bond acceptors (Lipinski definition) is 4. The maximum atomic E-state index is 5.69. The van der Waals surface area contributed by atoms with Crippen molar-refractivity contribution in [1.82, 2.24) is 4.98 Å². The van der Waals surface area contributed by atoms with Crippen LogP contribution in [0.1, 0.15) is 5.01 Å². The minimum absolute atomic E-state index is 0.457. The maximum Gasteiger partial charge on any atom is 0.148 e. The van der Waals surface area contributed by atoms with Gasteiger partial charge in [-0.15, -0.1) is 11.3 Å². The van der Waals surface area contributed by atoms with Crippen LogP contribution in [-0.4, -0.2) is 4.98 Å². The number of rotatable bonds is 3. The highest BCUT2D eigenvalue weighted by molar-refractivity contribution is 9.11. The third-order valence-corrected chi connectivity index (χ3v) is 3.78. The fraction of sp³-hybridized carbons (Fsp3) is 0.100. The van der Waals surface area contributed by atoms with Crippen molar-refractivity contribution in [2.75, 3.05) is 5.73 Å². The lowest BCUT2D eigenvalue weighted by atomic mass is 10.3. The van der Waals surface area contributed by atoms with Crippen LogP contribution in [0.3, 0.4) is 0 Å². The molecule has 0 bridgehead atoms. The monoisotopic (exact) mass is 362 g/mol. The molecule has 0 aliphatic carbocycles. The van der Waals surface area contributed by atoms with E-state index in [4.69, 9.17) is 10.5 Å². The molecule has 2 rings (SSSR count). The molecule has 0 saturated heterocycles. The molecular formula is C10H8Br2N2OS. The van der Waals surface area contributed by atoms with Crippen LogP contribution in [0.4, 0.5) is 5.69 Å². The van der Waals surface area contributed by atoms with E-state index in [0.29, 0.717) is 12.3 Å². The molecule has 0 fully saturated rings. The molecular weight excluding hydrogens is 356 g/mol. The second kappa shape index (κ2) is 5.16. The van der Waals surface area contributed by atoms with Crippen molar-refractivity contribution in [3.63, 3.8) is 0 Å². The number of aromatic nitrogens is 1. The van der Waals surface area contributed by atoms with E-state index >= 15 is 0 Å². The Morgan fingerprint density at radius 3 is 2.56 bits per heavy atom. The minimum atomic E-state index is 0.457.